The van der Waals surface area contributed by atoms with Gasteiger partial charge < -0.3 is 24.6 Å². The van der Waals surface area contributed by atoms with Crippen molar-refractivity contribution in [1.29, 1.82) is 0 Å². The van der Waals surface area contributed by atoms with Gasteiger partial charge in [-0.1, -0.05) is 80.1 Å². The van der Waals surface area contributed by atoms with E-state index in [2.05, 4.69) is 53.5 Å². The molecule has 4 aromatic rings. The fourth-order valence-electron chi connectivity index (χ4n) is 5.98. The second-order valence-electron chi connectivity index (χ2n) is 12.3. The van der Waals surface area contributed by atoms with Gasteiger partial charge in [-0.3, -0.25) is 9.69 Å². The summed E-state index contributed by atoms with van der Waals surface area (Å²) in [5.41, 5.74) is 4.90. The number of aliphatic hydroxyl groups excluding tert-OH is 1. The first-order valence-corrected chi connectivity index (χ1v) is 16.9. The van der Waals surface area contributed by atoms with Crippen molar-refractivity contribution in [2.75, 3.05) is 26.3 Å². The molecule has 47 heavy (non-hydrogen) atoms. The maximum atomic E-state index is 12.2. The van der Waals surface area contributed by atoms with Crippen LogP contribution in [0.3, 0.4) is 0 Å². The number of fused-ring (bicyclic) bond motifs is 1. The lowest BCUT2D eigenvalue weighted by Crippen LogP contribution is -2.42. The molecule has 0 radical (unpaired) electrons. The Kier molecular flexibility index (Phi) is 13.1. The highest BCUT2D eigenvalue weighted by Crippen LogP contribution is 2.28. The molecule has 0 aromatic heterocycles. The average molecular weight is 637 g/mol. The number of ether oxygens (including phenoxy) is 3. The van der Waals surface area contributed by atoms with E-state index in [4.69, 9.17) is 14.2 Å². The molecule has 1 amide bonds. The van der Waals surface area contributed by atoms with Crippen LogP contribution in [0.2, 0.25) is 0 Å². The summed E-state index contributed by atoms with van der Waals surface area (Å²) in [4.78, 5) is 14.6. The topological polar surface area (TPSA) is 80.3 Å². The van der Waals surface area contributed by atoms with Crippen LogP contribution in [0, 0.1) is 0 Å². The number of carbonyl (C=O) groups is 1. The number of nitrogens with zero attached hydrogens (tertiary/aromatic N) is 1. The molecule has 2 atom stereocenters. The standard InChI is InChI=1S/C40H48N2O5/c1-2-3-23-41-40(44)30-47-39-18-17-33-15-10-16-35(24-34(33)25-39)42(26-31-11-6-4-7-12-31)27-36(43)29-46-38-21-19-37(20-22-38)45-28-32-13-8-5-9-14-32/h4-9,11-14,17-22,25,35-36,43H,2-3,10,15-16,23-24,26-30H2,1H3,(H,41,44)/t35?,36-/m0/s1. The van der Waals surface area contributed by atoms with E-state index in [0.29, 0.717) is 25.4 Å². The molecular weight excluding hydrogens is 588 g/mol. The van der Waals surface area contributed by atoms with Crippen LogP contribution in [0.4, 0.5) is 0 Å². The van der Waals surface area contributed by atoms with E-state index in [1.165, 1.54) is 16.7 Å². The summed E-state index contributed by atoms with van der Waals surface area (Å²) in [6.45, 7) is 4.72. The van der Waals surface area contributed by atoms with E-state index in [1.807, 2.05) is 66.7 Å². The first-order chi connectivity index (χ1) is 23.1. The van der Waals surface area contributed by atoms with Crippen LogP contribution in [0.5, 0.6) is 17.2 Å². The van der Waals surface area contributed by atoms with Gasteiger partial charge in [0.15, 0.2) is 6.61 Å². The van der Waals surface area contributed by atoms with Gasteiger partial charge >= 0.3 is 0 Å². The van der Waals surface area contributed by atoms with Gasteiger partial charge in [0.2, 0.25) is 0 Å². The number of carbonyl (C=O) groups excluding carboxylic acids is 1. The van der Waals surface area contributed by atoms with E-state index < -0.39 is 6.10 Å². The highest BCUT2D eigenvalue weighted by atomic mass is 16.5. The molecule has 0 fully saturated rings. The zero-order valence-electron chi connectivity index (χ0n) is 27.5. The summed E-state index contributed by atoms with van der Waals surface area (Å²) >= 11 is 0. The molecule has 1 aliphatic rings. The summed E-state index contributed by atoms with van der Waals surface area (Å²) in [6, 6.07) is 34.5. The first kappa shape index (κ1) is 34.0. The lowest BCUT2D eigenvalue weighted by atomic mass is 10.00. The predicted octanol–water partition coefficient (Wildman–Crippen LogP) is 6.75. The van der Waals surface area contributed by atoms with E-state index in [1.54, 1.807) is 0 Å². The molecule has 1 unspecified atom stereocenters. The highest BCUT2D eigenvalue weighted by Gasteiger charge is 2.25. The van der Waals surface area contributed by atoms with Crippen molar-refractivity contribution in [3.05, 3.63) is 125 Å². The third kappa shape index (κ3) is 11.2. The highest BCUT2D eigenvalue weighted by molar-refractivity contribution is 5.77. The van der Waals surface area contributed by atoms with Gasteiger partial charge in [-0.2, -0.15) is 0 Å². The zero-order chi connectivity index (χ0) is 32.7. The van der Waals surface area contributed by atoms with E-state index in [9.17, 15) is 9.90 Å². The maximum absolute atomic E-state index is 12.2. The van der Waals surface area contributed by atoms with Crippen LogP contribution in [0.1, 0.15) is 54.9 Å². The van der Waals surface area contributed by atoms with Crippen LogP contribution >= 0.6 is 0 Å². The molecule has 4 aromatic carbocycles. The Morgan fingerprint density at radius 3 is 2.26 bits per heavy atom. The van der Waals surface area contributed by atoms with Crippen LogP contribution in [0.25, 0.3) is 0 Å². The minimum atomic E-state index is -0.670. The van der Waals surface area contributed by atoms with Crippen molar-refractivity contribution < 1.29 is 24.1 Å². The summed E-state index contributed by atoms with van der Waals surface area (Å²) in [5.74, 6) is 2.09. The Labute approximate surface area is 279 Å². The van der Waals surface area contributed by atoms with Gasteiger partial charge in [-0.05, 0) is 90.8 Å². The number of nitrogens with one attached hydrogen (secondary N) is 1. The Balaban J connectivity index is 1.19. The van der Waals surface area contributed by atoms with Crippen molar-refractivity contribution in [2.24, 2.45) is 0 Å². The molecule has 5 rings (SSSR count). The smallest absolute Gasteiger partial charge is 0.257 e. The number of aliphatic hydroxyl groups is 1. The number of amides is 1. The molecule has 7 nitrogen and oxygen atoms in total. The molecule has 0 bridgehead atoms. The number of hydrogen-bond donors (Lipinski definition) is 2. The van der Waals surface area contributed by atoms with Gasteiger partial charge in [0, 0.05) is 25.7 Å². The molecule has 0 spiro atoms. The third-order valence-electron chi connectivity index (χ3n) is 8.54. The second kappa shape index (κ2) is 18.1. The average Bonchev–Trinajstić information content (AvgIpc) is 3.32. The van der Waals surface area contributed by atoms with Gasteiger partial charge in [-0.25, -0.2) is 0 Å². The Morgan fingerprint density at radius 1 is 0.851 bits per heavy atom. The van der Waals surface area contributed by atoms with E-state index in [-0.39, 0.29) is 25.2 Å². The van der Waals surface area contributed by atoms with Crippen molar-refractivity contribution in [3.8, 4) is 17.2 Å². The first-order valence-electron chi connectivity index (χ1n) is 16.9. The molecule has 248 valence electrons. The van der Waals surface area contributed by atoms with Crippen molar-refractivity contribution in [1.82, 2.24) is 10.2 Å². The normalized spacial score (nSPS) is 14.9. The predicted molar refractivity (Wildman–Crippen MR) is 186 cm³/mol. The molecule has 0 saturated heterocycles. The van der Waals surface area contributed by atoms with Crippen molar-refractivity contribution in [3.63, 3.8) is 0 Å². The van der Waals surface area contributed by atoms with E-state index in [0.717, 1.165) is 62.1 Å². The van der Waals surface area contributed by atoms with Gasteiger partial charge in [0.1, 0.15) is 36.6 Å². The van der Waals surface area contributed by atoms with Crippen molar-refractivity contribution in [2.45, 2.75) is 70.7 Å². The minimum absolute atomic E-state index is 0.0156. The Morgan fingerprint density at radius 2 is 1.53 bits per heavy atom. The second-order valence-corrected chi connectivity index (χ2v) is 12.3. The summed E-state index contributed by atoms with van der Waals surface area (Å²) < 4.78 is 17.8. The van der Waals surface area contributed by atoms with Crippen LogP contribution in [-0.4, -0.2) is 54.4 Å². The van der Waals surface area contributed by atoms with Crippen LogP contribution < -0.4 is 19.5 Å². The molecule has 1 aliphatic carbocycles. The quantitative estimate of drug-likeness (QED) is 0.0986. The molecule has 0 heterocycles. The largest absolute Gasteiger partial charge is 0.491 e. The van der Waals surface area contributed by atoms with Gasteiger partial charge in [-0.15, -0.1) is 0 Å². The molecule has 2 N–H and O–H groups in total. The fourth-order valence-corrected chi connectivity index (χ4v) is 5.98. The van der Waals surface area contributed by atoms with Gasteiger partial charge in [0.05, 0.1) is 0 Å². The maximum Gasteiger partial charge on any atom is 0.257 e. The molecule has 0 saturated carbocycles. The number of hydrogen-bond acceptors (Lipinski definition) is 6. The molecular formula is C40H48N2O5. The minimum Gasteiger partial charge on any atom is -0.491 e. The lowest BCUT2D eigenvalue weighted by molar-refractivity contribution is -0.123. The Hall–Kier alpha value is -4.33. The number of unbranched alkanes of at least 4 members (excludes halogenated alkanes) is 1. The zero-order valence-corrected chi connectivity index (χ0v) is 27.5. The summed E-state index contributed by atoms with van der Waals surface area (Å²) in [6.07, 6.45) is 5.27. The van der Waals surface area contributed by atoms with Gasteiger partial charge in [0.25, 0.3) is 5.91 Å². The summed E-state index contributed by atoms with van der Waals surface area (Å²) in [7, 11) is 0. The van der Waals surface area contributed by atoms with Crippen molar-refractivity contribution >= 4 is 5.91 Å². The summed E-state index contributed by atoms with van der Waals surface area (Å²) in [5, 5.41) is 14.1. The molecule has 7 heteroatoms. The SMILES string of the molecule is CCCCNC(=O)COc1ccc2c(c1)CC(N(Cc1ccccc1)C[C@H](O)COc1ccc(OCc3ccccc3)cc1)CCC2. The Bertz CT molecular complexity index is 1500. The number of aryl methyl sites for hydroxylation is 1. The monoisotopic (exact) mass is 636 g/mol. The van der Waals surface area contributed by atoms with E-state index >= 15 is 0 Å². The van der Waals surface area contributed by atoms with Crippen LogP contribution in [0.15, 0.2) is 103 Å². The fraction of sp³-hybridized carbons (Fsp3) is 0.375. The third-order valence-corrected chi connectivity index (χ3v) is 8.54. The van der Waals surface area contributed by atoms with Crippen LogP contribution in [-0.2, 0) is 30.8 Å². The number of rotatable bonds is 17. The lowest BCUT2D eigenvalue weighted by Gasteiger charge is -2.33. The number of benzene rings is 4. The molecule has 0 aliphatic heterocycles.